The Bertz CT molecular complexity index is 1240. The summed E-state index contributed by atoms with van der Waals surface area (Å²) in [6.45, 7) is 3.66. The first-order chi connectivity index (χ1) is 17.2. The lowest BCUT2D eigenvalue weighted by Crippen LogP contribution is -2.38. The van der Waals surface area contributed by atoms with Crippen molar-refractivity contribution in [2.45, 2.75) is 93.4 Å². The van der Waals surface area contributed by atoms with Crippen LogP contribution in [0.5, 0.6) is 0 Å². The summed E-state index contributed by atoms with van der Waals surface area (Å²) in [6.07, 6.45) is 7.89. The Morgan fingerprint density at radius 3 is 2.42 bits per heavy atom. The van der Waals surface area contributed by atoms with Crippen LogP contribution in [-0.2, 0) is 19.4 Å². The molecule has 194 valence electrons. The van der Waals surface area contributed by atoms with Crippen LogP contribution in [0.25, 0.3) is 10.4 Å². The molecule has 0 spiro atoms. The fraction of sp³-hybridized carbons (Fsp3) is 0.577. The number of thiazole rings is 1. The van der Waals surface area contributed by atoms with Gasteiger partial charge >= 0.3 is 6.09 Å². The van der Waals surface area contributed by atoms with E-state index in [1.165, 1.54) is 11.3 Å². The van der Waals surface area contributed by atoms with Crippen molar-refractivity contribution in [3.05, 3.63) is 29.4 Å². The Balaban J connectivity index is 1.31. The first kappa shape index (κ1) is 25.2. The first-order valence-corrected chi connectivity index (χ1v) is 15.2. The van der Waals surface area contributed by atoms with E-state index in [1.54, 1.807) is 24.4 Å². The van der Waals surface area contributed by atoms with E-state index in [0.29, 0.717) is 24.1 Å². The number of sulfone groups is 1. The maximum atomic E-state index is 13.3. The van der Waals surface area contributed by atoms with E-state index < -0.39 is 9.84 Å². The fourth-order valence-corrected chi connectivity index (χ4v) is 7.77. The molecule has 3 aliphatic carbocycles. The van der Waals surface area contributed by atoms with Gasteiger partial charge in [-0.3, -0.25) is 4.79 Å². The molecule has 2 amide bonds. The maximum Gasteiger partial charge on any atom is 0.407 e. The van der Waals surface area contributed by atoms with E-state index in [1.807, 2.05) is 13.8 Å². The number of alkyl carbamates (subject to hydrolysis) is 1. The fourth-order valence-electron chi connectivity index (χ4n) is 4.69. The zero-order chi connectivity index (χ0) is 25.4. The largest absolute Gasteiger partial charge is 0.447 e. The van der Waals surface area contributed by atoms with Crippen LogP contribution in [0.3, 0.4) is 0 Å². The van der Waals surface area contributed by atoms with Gasteiger partial charge in [-0.15, -0.1) is 11.3 Å². The molecular formula is C26H33N3O5S2. The molecule has 1 aromatic carbocycles. The third-order valence-corrected chi connectivity index (χ3v) is 10.5. The molecule has 0 atom stereocenters. The lowest BCUT2D eigenvalue weighted by molar-refractivity contribution is -0.117. The first-order valence-electron chi connectivity index (χ1n) is 12.8. The number of hydrogen-bond donors (Lipinski definition) is 2. The number of rotatable bonds is 8. The molecule has 3 saturated carbocycles. The minimum Gasteiger partial charge on any atom is -0.447 e. The van der Waals surface area contributed by atoms with Gasteiger partial charge in [0.15, 0.2) is 9.84 Å². The van der Waals surface area contributed by atoms with Crippen LogP contribution in [0.15, 0.2) is 29.3 Å². The highest BCUT2D eigenvalue weighted by Crippen LogP contribution is 2.43. The predicted octanol–water partition coefficient (Wildman–Crippen LogP) is 5.26. The van der Waals surface area contributed by atoms with Crippen molar-refractivity contribution in [3.8, 4) is 10.4 Å². The summed E-state index contributed by atoms with van der Waals surface area (Å²) in [7, 11) is -3.48. The van der Waals surface area contributed by atoms with Crippen LogP contribution in [0.2, 0.25) is 0 Å². The van der Waals surface area contributed by atoms with Crippen molar-refractivity contribution in [3.63, 3.8) is 0 Å². The lowest BCUT2D eigenvalue weighted by atomic mass is 9.86. The second kappa shape index (κ2) is 10.1. The van der Waals surface area contributed by atoms with Gasteiger partial charge in [-0.1, -0.05) is 6.07 Å². The standard InChI is InChI=1S/C26H33N3O5S2/c1-15(2)34-26(31)29-18-7-5-17(6-8-18)25-27-14-22(35-25)21-12-9-19(28-24(30)16-3-4-16)13-23(21)36(32,33)20-10-11-20/h9,12-18,20H,3-8,10-11H2,1-2H3,(H,28,30)(H,29,31)/t17-,18-. The second-order valence-corrected chi connectivity index (χ2v) is 13.7. The highest BCUT2D eigenvalue weighted by Gasteiger charge is 2.39. The molecular weight excluding hydrogens is 498 g/mol. The number of carbonyl (C=O) groups is 2. The van der Waals surface area contributed by atoms with Gasteiger partial charge in [0.05, 0.1) is 26.1 Å². The van der Waals surface area contributed by atoms with E-state index in [0.717, 1.165) is 48.4 Å². The predicted molar refractivity (Wildman–Crippen MR) is 139 cm³/mol. The second-order valence-electron chi connectivity index (χ2n) is 10.4. The molecule has 2 aromatic rings. The van der Waals surface area contributed by atoms with E-state index in [9.17, 15) is 18.0 Å². The van der Waals surface area contributed by atoms with Crippen molar-refractivity contribution in [1.29, 1.82) is 0 Å². The Kier molecular flexibility index (Phi) is 7.09. The van der Waals surface area contributed by atoms with Gasteiger partial charge in [-0.2, -0.15) is 0 Å². The molecule has 0 radical (unpaired) electrons. The lowest BCUT2D eigenvalue weighted by Gasteiger charge is -2.28. The number of carbonyl (C=O) groups excluding carboxylic acids is 2. The van der Waals surface area contributed by atoms with Crippen LogP contribution in [0, 0.1) is 5.92 Å². The van der Waals surface area contributed by atoms with E-state index in [-0.39, 0.29) is 46.1 Å². The monoisotopic (exact) mass is 531 g/mol. The minimum absolute atomic E-state index is 0.0415. The average Bonchev–Trinajstić information content (AvgIpc) is 3.76. The molecule has 0 aliphatic heterocycles. The van der Waals surface area contributed by atoms with Crippen molar-refractivity contribution >= 4 is 38.9 Å². The van der Waals surface area contributed by atoms with Gasteiger partial charge in [-0.25, -0.2) is 18.2 Å². The molecule has 2 N–H and O–H groups in total. The SMILES string of the molecule is CC(C)OC(=O)N[C@H]1CC[C@H](c2ncc(-c3ccc(NC(=O)C4CC4)cc3S(=O)(=O)C3CC3)s2)CC1. The summed E-state index contributed by atoms with van der Waals surface area (Å²) >= 11 is 1.54. The van der Waals surface area contributed by atoms with E-state index >= 15 is 0 Å². The molecule has 5 rings (SSSR count). The summed E-state index contributed by atoms with van der Waals surface area (Å²) in [4.78, 5) is 29.9. The minimum atomic E-state index is -3.48. The van der Waals surface area contributed by atoms with Crippen LogP contribution >= 0.6 is 11.3 Å². The van der Waals surface area contributed by atoms with Gasteiger partial charge in [0, 0.05) is 35.3 Å². The third-order valence-electron chi connectivity index (χ3n) is 7.00. The van der Waals surface area contributed by atoms with Crippen molar-refractivity contribution in [2.75, 3.05) is 5.32 Å². The number of nitrogens with zero attached hydrogens (tertiary/aromatic N) is 1. The number of aromatic nitrogens is 1. The zero-order valence-electron chi connectivity index (χ0n) is 20.7. The summed E-state index contributed by atoms with van der Waals surface area (Å²) in [5, 5.41) is 6.48. The Morgan fingerprint density at radius 2 is 1.78 bits per heavy atom. The number of nitrogens with one attached hydrogen (secondary N) is 2. The van der Waals surface area contributed by atoms with Crippen molar-refractivity contribution < 1.29 is 22.7 Å². The van der Waals surface area contributed by atoms with Crippen LogP contribution in [-0.4, -0.2) is 42.8 Å². The number of amides is 2. The van der Waals surface area contributed by atoms with Crippen LogP contribution in [0.1, 0.15) is 76.1 Å². The Morgan fingerprint density at radius 1 is 1.06 bits per heavy atom. The van der Waals surface area contributed by atoms with Crippen molar-refractivity contribution in [1.82, 2.24) is 10.3 Å². The number of ether oxygens (including phenoxy) is 1. The quantitative estimate of drug-likeness (QED) is 0.481. The van der Waals surface area contributed by atoms with E-state index in [2.05, 4.69) is 15.6 Å². The average molecular weight is 532 g/mol. The van der Waals surface area contributed by atoms with Gasteiger partial charge in [0.2, 0.25) is 5.91 Å². The van der Waals surface area contributed by atoms with E-state index in [4.69, 9.17) is 4.74 Å². The third kappa shape index (κ3) is 5.75. The highest BCUT2D eigenvalue weighted by molar-refractivity contribution is 7.92. The summed E-state index contributed by atoms with van der Waals surface area (Å²) in [6, 6.07) is 5.31. The molecule has 0 saturated heterocycles. The van der Waals surface area contributed by atoms with Gasteiger partial charge in [0.25, 0.3) is 0 Å². The van der Waals surface area contributed by atoms with Crippen LogP contribution < -0.4 is 10.6 Å². The molecule has 36 heavy (non-hydrogen) atoms. The van der Waals surface area contributed by atoms with Gasteiger partial charge in [0.1, 0.15) is 0 Å². The zero-order valence-corrected chi connectivity index (χ0v) is 22.3. The topological polar surface area (TPSA) is 114 Å². The smallest absolute Gasteiger partial charge is 0.407 e. The Hall–Kier alpha value is -2.46. The summed E-state index contributed by atoms with van der Waals surface area (Å²) in [5.74, 6) is 0.284. The van der Waals surface area contributed by atoms with Gasteiger partial charge in [-0.05, 0) is 77.3 Å². The molecule has 0 unspecified atom stereocenters. The molecule has 3 aliphatic rings. The molecule has 0 bridgehead atoms. The molecule has 8 nitrogen and oxygen atoms in total. The number of anilines is 1. The normalized spacial score (nSPS) is 22.3. The summed E-state index contributed by atoms with van der Waals surface area (Å²) < 4.78 is 31.8. The highest BCUT2D eigenvalue weighted by atomic mass is 32.2. The summed E-state index contributed by atoms with van der Waals surface area (Å²) in [5.41, 5.74) is 1.18. The maximum absolute atomic E-state index is 13.3. The molecule has 10 heteroatoms. The van der Waals surface area contributed by atoms with Crippen molar-refractivity contribution in [2.24, 2.45) is 5.92 Å². The van der Waals surface area contributed by atoms with Crippen LogP contribution in [0.4, 0.5) is 10.5 Å². The van der Waals surface area contributed by atoms with Gasteiger partial charge < -0.3 is 15.4 Å². The number of benzene rings is 1. The molecule has 1 aromatic heterocycles. The molecule has 3 fully saturated rings. The Labute approximate surface area is 216 Å². The number of hydrogen-bond acceptors (Lipinski definition) is 7. The molecule has 1 heterocycles.